The van der Waals surface area contributed by atoms with Gasteiger partial charge >= 0.3 is 0 Å². The quantitative estimate of drug-likeness (QED) is 0.554. The first-order valence-electron chi connectivity index (χ1n) is 9.30. The molecule has 4 aromatic rings. The van der Waals surface area contributed by atoms with Crippen LogP contribution in [-0.4, -0.2) is 60.8 Å². The SMILES string of the molecule is Cc1nc2ccccc2n1-c1nc(-c2cnc(N)nc2)nc(N2CCOCC2)n1. The van der Waals surface area contributed by atoms with Crippen molar-refractivity contribution in [1.82, 2.24) is 34.5 Å². The van der Waals surface area contributed by atoms with Gasteiger partial charge in [-0.15, -0.1) is 0 Å². The molecule has 0 unspecified atom stereocenters. The van der Waals surface area contributed by atoms with Crippen LogP contribution in [0.2, 0.25) is 0 Å². The van der Waals surface area contributed by atoms with Gasteiger partial charge < -0.3 is 15.4 Å². The maximum Gasteiger partial charge on any atom is 0.241 e. The Bertz CT molecular complexity index is 1170. The fraction of sp³-hybridized carbons (Fsp3) is 0.263. The van der Waals surface area contributed by atoms with Gasteiger partial charge in [0.1, 0.15) is 5.82 Å². The number of aromatic nitrogens is 7. The molecule has 29 heavy (non-hydrogen) atoms. The molecule has 1 aliphatic heterocycles. The molecule has 10 nitrogen and oxygen atoms in total. The van der Waals surface area contributed by atoms with Crippen LogP contribution in [0.25, 0.3) is 28.4 Å². The van der Waals surface area contributed by atoms with Gasteiger partial charge in [0, 0.05) is 25.5 Å². The van der Waals surface area contributed by atoms with Crippen LogP contribution in [0.3, 0.4) is 0 Å². The number of morpholine rings is 1. The van der Waals surface area contributed by atoms with E-state index in [2.05, 4.69) is 24.8 Å². The van der Waals surface area contributed by atoms with Crippen LogP contribution in [0.4, 0.5) is 11.9 Å². The summed E-state index contributed by atoms with van der Waals surface area (Å²) in [6.45, 7) is 4.63. The molecule has 0 amide bonds. The molecule has 146 valence electrons. The second kappa shape index (κ2) is 7.06. The van der Waals surface area contributed by atoms with E-state index < -0.39 is 0 Å². The van der Waals surface area contributed by atoms with Crippen molar-refractivity contribution in [2.45, 2.75) is 6.92 Å². The van der Waals surface area contributed by atoms with E-state index in [1.807, 2.05) is 35.8 Å². The van der Waals surface area contributed by atoms with Gasteiger partial charge in [0.2, 0.25) is 17.8 Å². The smallest absolute Gasteiger partial charge is 0.241 e. The molecule has 0 saturated carbocycles. The normalized spacial score (nSPS) is 14.4. The van der Waals surface area contributed by atoms with Crippen molar-refractivity contribution >= 4 is 22.9 Å². The molecule has 2 N–H and O–H groups in total. The highest BCUT2D eigenvalue weighted by molar-refractivity contribution is 5.77. The number of fused-ring (bicyclic) bond motifs is 1. The van der Waals surface area contributed by atoms with Crippen molar-refractivity contribution < 1.29 is 4.74 Å². The predicted molar refractivity (Wildman–Crippen MR) is 108 cm³/mol. The zero-order valence-corrected chi connectivity index (χ0v) is 15.9. The number of nitrogens with two attached hydrogens (primary N) is 1. The van der Waals surface area contributed by atoms with Gasteiger partial charge in [-0.05, 0) is 19.1 Å². The summed E-state index contributed by atoms with van der Waals surface area (Å²) in [5.74, 6) is 2.56. The highest BCUT2D eigenvalue weighted by Gasteiger charge is 2.20. The third-order valence-electron chi connectivity index (χ3n) is 4.76. The summed E-state index contributed by atoms with van der Waals surface area (Å²) in [4.78, 5) is 29.0. The van der Waals surface area contributed by atoms with Crippen molar-refractivity contribution in [1.29, 1.82) is 0 Å². The molecule has 10 heteroatoms. The number of aryl methyl sites for hydroxylation is 1. The van der Waals surface area contributed by atoms with Crippen molar-refractivity contribution in [3.8, 4) is 17.3 Å². The Morgan fingerprint density at radius 2 is 1.66 bits per heavy atom. The Labute approximate surface area is 166 Å². The maximum absolute atomic E-state index is 5.63. The standard InChI is InChI=1S/C19H19N9O/c1-12-23-14-4-2-3-5-15(14)28(12)19-25-16(13-10-21-17(20)22-11-13)24-18(26-19)27-6-8-29-9-7-27/h2-5,10-11H,6-9H2,1H3,(H2,20,21,22). The van der Waals surface area contributed by atoms with Crippen LogP contribution in [-0.2, 0) is 4.74 Å². The van der Waals surface area contributed by atoms with E-state index in [1.54, 1.807) is 12.4 Å². The summed E-state index contributed by atoms with van der Waals surface area (Å²) < 4.78 is 7.40. The Kier molecular flexibility index (Phi) is 4.24. The second-order valence-electron chi connectivity index (χ2n) is 6.67. The summed E-state index contributed by atoms with van der Waals surface area (Å²) in [5.41, 5.74) is 8.12. The zero-order valence-electron chi connectivity index (χ0n) is 15.9. The number of imidazole rings is 1. The number of anilines is 2. The summed E-state index contributed by atoms with van der Waals surface area (Å²) in [6.07, 6.45) is 3.23. The van der Waals surface area contributed by atoms with Crippen LogP contribution >= 0.6 is 0 Å². The molecule has 1 saturated heterocycles. The van der Waals surface area contributed by atoms with Gasteiger partial charge in [-0.1, -0.05) is 12.1 Å². The minimum Gasteiger partial charge on any atom is -0.378 e. The number of benzene rings is 1. The zero-order chi connectivity index (χ0) is 19.8. The Balaban J connectivity index is 1.70. The molecule has 0 spiro atoms. The van der Waals surface area contributed by atoms with Crippen LogP contribution < -0.4 is 10.6 Å². The van der Waals surface area contributed by atoms with Gasteiger partial charge in [0.15, 0.2) is 5.82 Å². The lowest BCUT2D eigenvalue weighted by atomic mass is 10.3. The summed E-state index contributed by atoms with van der Waals surface area (Å²) in [5, 5.41) is 0. The number of ether oxygens (including phenoxy) is 1. The first-order chi connectivity index (χ1) is 14.2. The summed E-state index contributed by atoms with van der Waals surface area (Å²) in [6, 6.07) is 7.90. The molecule has 0 aliphatic carbocycles. The Morgan fingerprint density at radius 3 is 2.45 bits per heavy atom. The predicted octanol–water partition coefficient (Wildman–Crippen LogP) is 1.39. The molecule has 0 bridgehead atoms. The highest BCUT2D eigenvalue weighted by Crippen LogP contribution is 2.23. The largest absolute Gasteiger partial charge is 0.378 e. The molecule has 0 radical (unpaired) electrons. The van der Waals surface area contributed by atoms with Gasteiger partial charge in [-0.2, -0.15) is 15.0 Å². The number of nitrogen functional groups attached to an aromatic ring is 1. The molecule has 1 aliphatic rings. The molecule has 1 aromatic carbocycles. The Hall–Kier alpha value is -3.66. The average Bonchev–Trinajstić information content (AvgIpc) is 3.10. The van der Waals surface area contributed by atoms with E-state index in [0.29, 0.717) is 49.6 Å². The van der Waals surface area contributed by atoms with Crippen LogP contribution in [0.15, 0.2) is 36.7 Å². The lowest BCUT2D eigenvalue weighted by Gasteiger charge is -2.27. The number of nitrogens with zero attached hydrogens (tertiary/aromatic N) is 8. The van der Waals surface area contributed by atoms with E-state index >= 15 is 0 Å². The monoisotopic (exact) mass is 389 g/mol. The number of hydrogen-bond donors (Lipinski definition) is 1. The molecular weight excluding hydrogens is 370 g/mol. The van der Waals surface area contributed by atoms with E-state index in [1.165, 1.54) is 0 Å². The van der Waals surface area contributed by atoms with Gasteiger partial charge in [0.05, 0.1) is 29.8 Å². The first kappa shape index (κ1) is 17.4. The number of hydrogen-bond acceptors (Lipinski definition) is 9. The maximum atomic E-state index is 5.63. The minimum atomic E-state index is 0.202. The summed E-state index contributed by atoms with van der Waals surface area (Å²) in [7, 11) is 0. The van der Waals surface area contributed by atoms with Crippen molar-refractivity contribution in [3.63, 3.8) is 0 Å². The van der Waals surface area contributed by atoms with E-state index in [4.69, 9.17) is 20.4 Å². The van der Waals surface area contributed by atoms with Crippen LogP contribution in [0.1, 0.15) is 5.82 Å². The topological polar surface area (TPSA) is 121 Å². The van der Waals surface area contributed by atoms with E-state index in [0.717, 1.165) is 16.9 Å². The molecular formula is C19H19N9O. The fourth-order valence-corrected chi connectivity index (χ4v) is 3.34. The van der Waals surface area contributed by atoms with Crippen LogP contribution in [0, 0.1) is 6.92 Å². The van der Waals surface area contributed by atoms with Crippen molar-refractivity contribution in [3.05, 3.63) is 42.5 Å². The highest BCUT2D eigenvalue weighted by atomic mass is 16.5. The molecule has 4 heterocycles. The molecule has 0 atom stereocenters. The van der Waals surface area contributed by atoms with Gasteiger partial charge in [-0.25, -0.2) is 15.0 Å². The fourth-order valence-electron chi connectivity index (χ4n) is 3.34. The number of rotatable bonds is 3. The lowest BCUT2D eigenvalue weighted by molar-refractivity contribution is 0.122. The van der Waals surface area contributed by atoms with Crippen molar-refractivity contribution in [2.24, 2.45) is 0 Å². The van der Waals surface area contributed by atoms with Gasteiger partial charge in [0.25, 0.3) is 0 Å². The van der Waals surface area contributed by atoms with Crippen molar-refractivity contribution in [2.75, 3.05) is 36.9 Å². The van der Waals surface area contributed by atoms with E-state index in [9.17, 15) is 0 Å². The molecule has 5 rings (SSSR count). The third kappa shape index (κ3) is 3.23. The Morgan fingerprint density at radius 1 is 0.931 bits per heavy atom. The van der Waals surface area contributed by atoms with E-state index in [-0.39, 0.29) is 5.95 Å². The second-order valence-corrected chi connectivity index (χ2v) is 6.67. The first-order valence-corrected chi connectivity index (χ1v) is 9.30. The summed E-state index contributed by atoms with van der Waals surface area (Å²) >= 11 is 0. The third-order valence-corrected chi connectivity index (χ3v) is 4.76. The molecule has 1 fully saturated rings. The molecule has 3 aromatic heterocycles. The lowest BCUT2D eigenvalue weighted by Crippen LogP contribution is -2.37. The van der Waals surface area contributed by atoms with Crippen LogP contribution in [0.5, 0.6) is 0 Å². The minimum absolute atomic E-state index is 0.202. The average molecular weight is 389 g/mol. The van der Waals surface area contributed by atoms with Gasteiger partial charge in [-0.3, -0.25) is 4.57 Å². The number of para-hydroxylation sites is 2.